The molecule has 0 radical (unpaired) electrons. The molecule has 0 atom stereocenters. The Kier molecular flexibility index (Phi) is 5.80. The van der Waals surface area contributed by atoms with Crippen LogP contribution in [-0.4, -0.2) is 35.8 Å². The molecule has 1 aliphatic rings. The molecule has 2 heterocycles. The van der Waals surface area contributed by atoms with Gasteiger partial charge >= 0.3 is 0 Å². The molecule has 1 N–H and O–H groups in total. The minimum absolute atomic E-state index is 0.00702. The van der Waals surface area contributed by atoms with Gasteiger partial charge in [0.2, 0.25) is 17.7 Å². The van der Waals surface area contributed by atoms with E-state index in [-0.39, 0.29) is 17.5 Å². The van der Waals surface area contributed by atoms with Gasteiger partial charge in [-0.1, -0.05) is 17.8 Å². The van der Waals surface area contributed by atoms with Crippen LogP contribution in [0.4, 0.5) is 11.4 Å². The van der Waals surface area contributed by atoms with Crippen molar-refractivity contribution in [1.82, 2.24) is 25.0 Å². The van der Waals surface area contributed by atoms with Gasteiger partial charge in [-0.05, 0) is 43.2 Å². The summed E-state index contributed by atoms with van der Waals surface area (Å²) in [7, 11) is 0. The van der Waals surface area contributed by atoms with Gasteiger partial charge in [0, 0.05) is 36.2 Å². The average Bonchev–Trinajstić information content (AvgIpc) is 3.40. The summed E-state index contributed by atoms with van der Waals surface area (Å²) in [5, 5.41) is 31.3. The second-order valence-electron chi connectivity index (χ2n) is 7.78. The van der Waals surface area contributed by atoms with Gasteiger partial charge in [-0.15, -0.1) is 20.4 Å². The second kappa shape index (κ2) is 9.06. The number of rotatable bonds is 8. The van der Waals surface area contributed by atoms with Crippen molar-refractivity contribution >= 4 is 29.0 Å². The first-order valence-corrected chi connectivity index (χ1v) is 11.5. The van der Waals surface area contributed by atoms with Gasteiger partial charge in [0.15, 0.2) is 5.16 Å². The molecule has 0 aliphatic heterocycles. The molecule has 12 heteroatoms. The van der Waals surface area contributed by atoms with Gasteiger partial charge in [-0.3, -0.25) is 19.5 Å². The predicted octanol–water partition coefficient (Wildman–Crippen LogP) is 4.35. The number of benzene rings is 2. The molecule has 1 aliphatic carbocycles. The lowest BCUT2D eigenvalue weighted by Gasteiger charge is -2.11. The van der Waals surface area contributed by atoms with Crippen LogP contribution in [0.3, 0.4) is 0 Å². The molecule has 11 nitrogen and oxygen atoms in total. The third-order valence-electron chi connectivity index (χ3n) is 5.14. The first kappa shape index (κ1) is 21.8. The Morgan fingerprint density at radius 3 is 2.68 bits per heavy atom. The summed E-state index contributed by atoms with van der Waals surface area (Å²) in [4.78, 5) is 21.8. The molecule has 1 fully saturated rings. The molecule has 172 valence electrons. The molecule has 1 amide bonds. The SMILES string of the molecule is CC(=O)Nc1cccc(-n2c(SCc3nnc(-c4ccc([N+](=O)[O-])cc4)o3)nnc2C2CC2)c1. The predicted molar refractivity (Wildman–Crippen MR) is 124 cm³/mol. The quantitative estimate of drug-likeness (QED) is 0.222. The monoisotopic (exact) mass is 477 g/mol. The van der Waals surface area contributed by atoms with Crippen molar-refractivity contribution in [2.45, 2.75) is 36.6 Å². The second-order valence-corrected chi connectivity index (χ2v) is 8.72. The third-order valence-corrected chi connectivity index (χ3v) is 6.06. The largest absolute Gasteiger partial charge is 0.420 e. The molecule has 0 unspecified atom stereocenters. The summed E-state index contributed by atoms with van der Waals surface area (Å²) in [5.74, 6) is 2.16. The number of nitro benzene ring substituents is 1. The highest BCUT2D eigenvalue weighted by Gasteiger charge is 2.31. The van der Waals surface area contributed by atoms with E-state index in [1.807, 2.05) is 28.8 Å². The van der Waals surface area contributed by atoms with Crippen molar-refractivity contribution in [3.8, 4) is 17.1 Å². The highest BCUT2D eigenvalue weighted by atomic mass is 32.2. The maximum Gasteiger partial charge on any atom is 0.269 e. The summed E-state index contributed by atoms with van der Waals surface area (Å²) < 4.78 is 7.75. The van der Waals surface area contributed by atoms with Crippen molar-refractivity contribution in [1.29, 1.82) is 0 Å². The fourth-order valence-electron chi connectivity index (χ4n) is 3.43. The Hall–Kier alpha value is -4.06. The molecule has 4 aromatic rings. The summed E-state index contributed by atoms with van der Waals surface area (Å²) in [6, 6.07) is 13.5. The Bertz CT molecular complexity index is 1360. The van der Waals surface area contributed by atoms with E-state index in [2.05, 4.69) is 25.7 Å². The van der Waals surface area contributed by atoms with E-state index in [1.165, 1.54) is 30.8 Å². The Balaban J connectivity index is 1.36. The number of hydrogen-bond acceptors (Lipinski definition) is 9. The Morgan fingerprint density at radius 2 is 1.97 bits per heavy atom. The molecule has 0 saturated heterocycles. The summed E-state index contributed by atoms with van der Waals surface area (Å²) in [6.45, 7) is 1.47. The lowest BCUT2D eigenvalue weighted by atomic mass is 10.2. The van der Waals surface area contributed by atoms with Crippen LogP contribution in [0.1, 0.15) is 37.4 Å². The van der Waals surface area contributed by atoms with Gasteiger partial charge in [-0.2, -0.15) is 0 Å². The number of hydrogen-bond donors (Lipinski definition) is 1. The van der Waals surface area contributed by atoms with E-state index in [0.29, 0.717) is 34.0 Å². The number of aromatic nitrogens is 5. The van der Waals surface area contributed by atoms with Gasteiger partial charge in [0.25, 0.3) is 5.69 Å². The summed E-state index contributed by atoms with van der Waals surface area (Å²) >= 11 is 1.41. The average molecular weight is 478 g/mol. The normalized spacial score (nSPS) is 13.1. The number of thioether (sulfide) groups is 1. The number of nitrogens with one attached hydrogen (secondary N) is 1. The van der Waals surface area contributed by atoms with Crippen molar-refractivity contribution in [3.63, 3.8) is 0 Å². The van der Waals surface area contributed by atoms with E-state index < -0.39 is 4.92 Å². The topological polar surface area (TPSA) is 142 Å². The molecular weight excluding hydrogens is 458 g/mol. The standard InChI is InChI=1S/C22H19N7O4S/c1-13(30)23-16-3-2-4-18(11-16)28-20(14-5-6-14)25-27-22(28)34-12-19-24-26-21(33-19)15-7-9-17(10-8-15)29(31)32/h2-4,7-11,14H,5-6,12H2,1H3,(H,23,30). The van der Waals surface area contributed by atoms with Crippen LogP contribution in [0.25, 0.3) is 17.1 Å². The van der Waals surface area contributed by atoms with Gasteiger partial charge < -0.3 is 9.73 Å². The van der Waals surface area contributed by atoms with Crippen molar-refractivity contribution in [2.75, 3.05) is 5.32 Å². The minimum atomic E-state index is -0.461. The van der Waals surface area contributed by atoms with Crippen molar-refractivity contribution < 1.29 is 14.1 Å². The Morgan fingerprint density at radius 1 is 1.18 bits per heavy atom. The van der Waals surface area contributed by atoms with E-state index in [4.69, 9.17) is 4.42 Å². The zero-order valence-electron chi connectivity index (χ0n) is 18.0. The molecule has 1 saturated carbocycles. The fraction of sp³-hybridized carbons (Fsp3) is 0.227. The number of amides is 1. The molecule has 2 aromatic carbocycles. The summed E-state index contributed by atoms with van der Waals surface area (Å²) in [6.07, 6.45) is 2.13. The zero-order valence-corrected chi connectivity index (χ0v) is 18.9. The number of nitro groups is 1. The van der Waals surface area contributed by atoms with Gasteiger partial charge in [-0.25, -0.2) is 0 Å². The van der Waals surface area contributed by atoms with E-state index >= 15 is 0 Å². The van der Waals surface area contributed by atoms with E-state index in [0.717, 1.165) is 24.4 Å². The first-order chi connectivity index (χ1) is 16.5. The summed E-state index contributed by atoms with van der Waals surface area (Å²) in [5.41, 5.74) is 2.15. The molecule has 0 bridgehead atoms. The highest BCUT2D eigenvalue weighted by Crippen LogP contribution is 2.41. The lowest BCUT2D eigenvalue weighted by molar-refractivity contribution is -0.384. The molecular formula is C22H19N7O4S. The minimum Gasteiger partial charge on any atom is -0.420 e. The van der Waals surface area contributed by atoms with Crippen LogP contribution in [-0.2, 0) is 10.5 Å². The smallest absolute Gasteiger partial charge is 0.269 e. The van der Waals surface area contributed by atoms with Crippen LogP contribution < -0.4 is 5.32 Å². The van der Waals surface area contributed by atoms with Crippen LogP contribution in [0.15, 0.2) is 58.1 Å². The van der Waals surface area contributed by atoms with Crippen LogP contribution in [0.2, 0.25) is 0 Å². The van der Waals surface area contributed by atoms with Crippen molar-refractivity contribution in [3.05, 3.63) is 70.4 Å². The number of anilines is 1. The Labute approximate surface area is 197 Å². The fourth-order valence-corrected chi connectivity index (χ4v) is 4.23. The molecule has 0 spiro atoms. The van der Waals surface area contributed by atoms with Gasteiger partial charge in [0.1, 0.15) is 5.82 Å². The van der Waals surface area contributed by atoms with E-state index in [1.54, 1.807) is 12.1 Å². The molecule has 34 heavy (non-hydrogen) atoms. The number of carbonyl (C=O) groups excluding carboxylic acids is 1. The maximum absolute atomic E-state index is 11.5. The highest BCUT2D eigenvalue weighted by molar-refractivity contribution is 7.98. The van der Waals surface area contributed by atoms with Crippen LogP contribution in [0, 0.1) is 10.1 Å². The lowest BCUT2D eigenvalue weighted by Crippen LogP contribution is -2.07. The maximum atomic E-state index is 11.5. The van der Waals surface area contributed by atoms with Crippen molar-refractivity contribution in [2.24, 2.45) is 0 Å². The van der Waals surface area contributed by atoms with Gasteiger partial charge in [0.05, 0.1) is 16.4 Å². The first-order valence-electron chi connectivity index (χ1n) is 10.5. The number of carbonyl (C=O) groups is 1. The molecule has 2 aromatic heterocycles. The van der Waals surface area contributed by atoms with Crippen LogP contribution in [0.5, 0.6) is 0 Å². The third kappa shape index (κ3) is 4.66. The molecule has 5 rings (SSSR count). The number of non-ortho nitro benzene ring substituents is 1. The van der Waals surface area contributed by atoms with E-state index in [9.17, 15) is 14.9 Å². The number of nitrogens with zero attached hydrogens (tertiary/aromatic N) is 6. The van der Waals surface area contributed by atoms with Crippen LogP contribution >= 0.6 is 11.8 Å². The zero-order chi connectivity index (χ0) is 23.7.